The number of amides is 2. The van der Waals surface area contributed by atoms with Crippen molar-refractivity contribution in [3.05, 3.63) is 0 Å². The van der Waals surface area contributed by atoms with E-state index in [4.69, 9.17) is 4.74 Å². The summed E-state index contributed by atoms with van der Waals surface area (Å²) in [5.41, 5.74) is 0. The molecule has 2 amide bonds. The van der Waals surface area contributed by atoms with E-state index < -0.39 is 0 Å². The first kappa shape index (κ1) is 15.1. The van der Waals surface area contributed by atoms with Crippen LogP contribution in [0.2, 0.25) is 0 Å². The fourth-order valence-electron chi connectivity index (χ4n) is 2.94. The third-order valence-corrected chi connectivity index (χ3v) is 4.17. The summed E-state index contributed by atoms with van der Waals surface area (Å²) in [5, 5.41) is 0. The summed E-state index contributed by atoms with van der Waals surface area (Å²) in [6, 6.07) is 0. The molecule has 0 aromatic carbocycles. The van der Waals surface area contributed by atoms with Gasteiger partial charge in [0, 0.05) is 26.2 Å². The van der Waals surface area contributed by atoms with Crippen LogP contribution in [0.15, 0.2) is 0 Å². The molecule has 5 nitrogen and oxygen atoms in total. The number of unbranched alkanes of at least 4 members (excludes halogenated alkanes) is 1. The van der Waals surface area contributed by atoms with Crippen molar-refractivity contribution in [2.75, 3.05) is 32.8 Å². The Balaban J connectivity index is 1.81. The lowest BCUT2D eigenvalue weighted by atomic mass is 9.97. The molecule has 2 heterocycles. The Morgan fingerprint density at radius 1 is 1.10 bits per heavy atom. The van der Waals surface area contributed by atoms with Gasteiger partial charge in [-0.1, -0.05) is 13.3 Å². The number of rotatable bonds is 4. The van der Waals surface area contributed by atoms with Crippen LogP contribution in [0.5, 0.6) is 0 Å². The molecule has 0 saturated carbocycles. The molecule has 0 N–H and O–H groups in total. The van der Waals surface area contributed by atoms with Crippen LogP contribution >= 0.6 is 0 Å². The summed E-state index contributed by atoms with van der Waals surface area (Å²) in [6.07, 6.45) is 5.68. The molecule has 0 bridgehead atoms. The van der Waals surface area contributed by atoms with Crippen LogP contribution in [0.1, 0.15) is 45.4 Å². The first-order chi connectivity index (χ1) is 9.72. The SMILES string of the molecule is CCCCOC(=O)N1CCCC(C(=O)N2CCCC2)C1. The van der Waals surface area contributed by atoms with Crippen molar-refractivity contribution in [1.29, 1.82) is 0 Å². The zero-order valence-electron chi connectivity index (χ0n) is 12.5. The van der Waals surface area contributed by atoms with E-state index in [9.17, 15) is 9.59 Å². The van der Waals surface area contributed by atoms with Crippen molar-refractivity contribution in [2.24, 2.45) is 5.92 Å². The maximum atomic E-state index is 12.4. The molecule has 1 unspecified atom stereocenters. The normalized spacial score (nSPS) is 22.9. The van der Waals surface area contributed by atoms with Crippen LogP contribution in [0.3, 0.4) is 0 Å². The van der Waals surface area contributed by atoms with Gasteiger partial charge in [0.25, 0.3) is 0 Å². The Kier molecular flexibility index (Phi) is 5.68. The Hall–Kier alpha value is -1.26. The molecule has 1 atom stereocenters. The number of carbonyl (C=O) groups excluding carboxylic acids is 2. The summed E-state index contributed by atoms with van der Waals surface area (Å²) in [5.74, 6) is 0.203. The molecular formula is C15H26N2O3. The highest BCUT2D eigenvalue weighted by molar-refractivity contribution is 5.80. The van der Waals surface area contributed by atoms with E-state index in [-0.39, 0.29) is 17.9 Å². The van der Waals surface area contributed by atoms with Gasteiger partial charge in [-0.3, -0.25) is 4.79 Å². The maximum Gasteiger partial charge on any atom is 0.409 e. The van der Waals surface area contributed by atoms with E-state index in [1.54, 1.807) is 4.90 Å². The van der Waals surface area contributed by atoms with Crippen molar-refractivity contribution >= 4 is 12.0 Å². The van der Waals surface area contributed by atoms with Gasteiger partial charge in [0.2, 0.25) is 5.91 Å². The standard InChI is InChI=1S/C15H26N2O3/c1-2-3-11-20-15(19)17-10-6-7-13(12-17)14(18)16-8-4-5-9-16/h13H,2-12H2,1H3. The minimum Gasteiger partial charge on any atom is -0.449 e. The van der Waals surface area contributed by atoms with E-state index in [1.807, 2.05) is 4.90 Å². The van der Waals surface area contributed by atoms with Gasteiger partial charge in [0.1, 0.15) is 0 Å². The van der Waals surface area contributed by atoms with E-state index >= 15 is 0 Å². The number of nitrogens with zero attached hydrogens (tertiary/aromatic N) is 2. The molecule has 114 valence electrons. The second-order valence-corrected chi connectivity index (χ2v) is 5.79. The van der Waals surface area contributed by atoms with Crippen LogP contribution in [-0.4, -0.2) is 54.6 Å². The molecule has 0 radical (unpaired) electrons. The topological polar surface area (TPSA) is 49.9 Å². The van der Waals surface area contributed by atoms with Crippen LogP contribution in [0.4, 0.5) is 4.79 Å². The average Bonchev–Trinajstić information content (AvgIpc) is 3.01. The minimum absolute atomic E-state index is 0.0272. The number of ether oxygens (including phenoxy) is 1. The molecule has 2 aliphatic heterocycles. The van der Waals surface area contributed by atoms with Crippen LogP contribution in [-0.2, 0) is 9.53 Å². The maximum absolute atomic E-state index is 12.4. The summed E-state index contributed by atoms with van der Waals surface area (Å²) in [6.45, 7) is 5.57. The largest absolute Gasteiger partial charge is 0.449 e. The Morgan fingerprint density at radius 3 is 2.50 bits per heavy atom. The van der Waals surface area contributed by atoms with Gasteiger partial charge in [-0.05, 0) is 32.1 Å². The third kappa shape index (κ3) is 3.87. The molecule has 0 aromatic heterocycles. The quantitative estimate of drug-likeness (QED) is 0.743. The lowest BCUT2D eigenvalue weighted by molar-refractivity contribution is -0.135. The predicted octanol–water partition coefficient (Wildman–Crippen LogP) is 2.26. The van der Waals surface area contributed by atoms with Gasteiger partial charge in [-0.25, -0.2) is 4.79 Å². The first-order valence-electron chi connectivity index (χ1n) is 7.93. The lowest BCUT2D eigenvalue weighted by Crippen LogP contribution is -2.46. The van der Waals surface area contributed by atoms with E-state index in [2.05, 4.69) is 6.92 Å². The molecule has 5 heteroatoms. The highest BCUT2D eigenvalue weighted by Crippen LogP contribution is 2.21. The smallest absolute Gasteiger partial charge is 0.409 e. The average molecular weight is 282 g/mol. The molecule has 2 fully saturated rings. The Bertz CT molecular complexity index is 340. The van der Waals surface area contributed by atoms with E-state index in [0.29, 0.717) is 13.2 Å². The number of likely N-dealkylation sites (tertiary alicyclic amines) is 2. The molecule has 2 saturated heterocycles. The van der Waals surface area contributed by atoms with Crippen molar-refractivity contribution in [1.82, 2.24) is 9.80 Å². The summed E-state index contributed by atoms with van der Waals surface area (Å²) < 4.78 is 5.24. The number of hydrogen-bond donors (Lipinski definition) is 0. The second kappa shape index (κ2) is 7.50. The van der Waals surface area contributed by atoms with Crippen LogP contribution in [0.25, 0.3) is 0 Å². The van der Waals surface area contributed by atoms with Gasteiger partial charge >= 0.3 is 6.09 Å². The fourth-order valence-corrected chi connectivity index (χ4v) is 2.94. The molecular weight excluding hydrogens is 256 g/mol. The van der Waals surface area contributed by atoms with Crippen molar-refractivity contribution < 1.29 is 14.3 Å². The Labute approximate surface area is 121 Å². The van der Waals surface area contributed by atoms with Gasteiger partial charge < -0.3 is 14.5 Å². The Morgan fingerprint density at radius 2 is 1.80 bits per heavy atom. The van der Waals surface area contributed by atoms with Gasteiger partial charge in [-0.15, -0.1) is 0 Å². The summed E-state index contributed by atoms with van der Waals surface area (Å²) >= 11 is 0. The monoisotopic (exact) mass is 282 g/mol. The van der Waals surface area contributed by atoms with Crippen LogP contribution in [0, 0.1) is 5.92 Å². The highest BCUT2D eigenvalue weighted by Gasteiger charge is 2.32. The minimum atomic E-state index is -0.252. The van der Waals surface area contributed by atoms with Crippen molar-refractivity contribution in [3.8, 4) is 0 Å². The van der Waals surface area contributed by atoms with Gasteiger partial charge in [-0.2, -0.15) is 0 Å². The third-order valence-electron chi connectivity index (χ3n) is 4.17. The van der Waals surface area contributed by atoms with E-state index in [1.165, 1.54) is 0 Å². The molecule has 2 rings (SSSR count). The lowest BCUT2D eigenvalue weighted by Gasteiger charge is -2.33. The summed E-state index contributed by atoms with van der Waals surface area (Å²) in [7, 11) is 0. The molecule has 20 heavy (non-hydrogen) atoms. The number of hydrogen-bond acceptors (Lipinski definition) is 3. The first-order valence-corrected chi connectivity index (χ1v) is 7.93. The molecule has 0 aliphatic carbocycles. The highest BCUT2D eigenvalue weighted by atomic mass is 16.6. The fraction of sp³-hybridized carbons (Fsp3) is 0.867. The zero-order valence-corrected chi connectivity index (χ0v) is 12.5. The van der Waals surface area contributed by atoms with Crippen molar-refractivity contribution in [3.63, 3.8) is 0 Å². The predicted molar refractivity (Wildman–Crippen MR) is 76.4 cm³/mol. The second-order valence-electron chi connectivity index (χ2n) is 5.79. The summed E-state index contributed by atoms with van der Waals surface area (Å²) in [4.78, 5) is 28.0. The van der Waals surface area contributed by atoms with Gasteiger partial charge in [0.15, 0.2) is 0 Å². The number of carbonyl (C=O) groups is 2. The number of piperidine rings is 1. The molecule has 0 aromatic rings. The van der Waals surface area contributed by atoms with E-state index in [0.717, 1.165) is 58.2 Å². The van der Waals surface area contributed by atoms with Crippen LogP contribution < -0.4 is 0 Å². The molecule has 2 aliphatic rings. The molecule has 0 spiro atoms. The van der Waals surface area contributed by atoms with Crippen molar-refractivity contribution in [2.45, 2.75) is 45.4 Å². The zero-order chi connectivity index (χ0) is 14.4. The van der Waals surface area contributed by atoms with Gasteiger partial charge in [0.05, 0.1) is 12.5 Å².